The van der Waals surface area contributed by atoms with E-state index in [1.807, 2.05) is 0 Å². The summed E-state index contributed by atoms with van der Waals surface area (Å²) >= 11 is 0. The van der Waals surface area contributed by atoms with Gasteiger partial charge in [0.05, 0.1) is 0 Å². The molecule has 0 aliphatic rings. The summed E-state index contributed by atoms with van der Waals surface area (Å²) in [5, 5.41) is 3.10. The minimum absolute atomic E-state index is 0.713. The van der Waals surface area contributed by atoms with Crippen molar-refractivity contribution >= 4 is 24.3 Å². The number of fused-ring (bicyclic) bond motifs is 1. The Morgan fingerprint density at radius 3 is 2.15 bits per heavy atom. The Bertz CT molecular complexity index is 556. The molecule has 0 radical (unpaired) electrons. The number of benzene rings is 1. The van der Waals surface area contributed by atoms with Crippen molar-refractivity contribution in [2.45, 2.75) is 59.2 Å². The zero-order valence-corrected chi connectivity index (χ0v) is 14.7. The molecule has 0 amide bonds. The summed E-state index contributed by atoms with van der Waals surface area (Å²) in [5.41, 5.74) is 2.96. The third kappa shape index (κ3) is 2.58. The van der Waals surface area contributed by atoms with Crippen LogP contribution in [0.3, 0.4) is 0 Å². The van der Waals surface area contributed by atoms with Crippen molar-refractivity contribution in [3.8, 4) is 0 Å². The summed E-state index contributed by atoms with van der Waals surface area (Å²) in [5.74, 6) is 0.713. The van der Waals surface area contributed by atoms with E-state index in [0.717, 1.165) is 0 Å². The van der Waals surface area contributed by atoms with Gasteiger partial charge in [0, 0.05) is 16.2 Å². The maximum absolute atomic E-state index is 3.82. The van der Waals surface area contributed by atoms with Gasteiger partial charge in [0.1, 0.15) is 8.07 Å². The number of aromatic amines is 1. The van der Waals surface area contributed by atoms with Gasteiger partial charge in [0.15, 0.2) is 0 Å². The molecule has 0 saturated heterocycles. The smallest absolute Gasteiger partial charge is 0.107 e. The van der Waals surface area contributed by atoms with Crippen molar-refractivity contribution in [3.63, 3.8) is 0 Å². The van der Waals surface area contributed by atoms with Gasteiger partial charge in [-0.3, -0.25) is 0 Å². The molecule has 0 fully saturated rings. The van der Waals surface area contributed by atoms with Gasteiger partial charge in [-0.05, 0) is 24.0 Å². The van der Waals surface area contributed by atoms with E-state index >= 15 is 0 Å². The molecule has 20 heavy (non-hydrogen) atoms. The first-order chi connectivity index (χ1) is 9.57. The van der Waals surface area contributed by atoms with Gasteiger partial charge in [0.25, 0.3) is 0 Å². The van der Waals surface area contributed by atoms with E-state index in [4.69, 9.17) is 0 Å². The standard InChI is InChI=1S/C18H29NSi/c1-6-20(7-2,8-3)18-16(13-14(4)5)15-11-9-10-12-17(15)19-18/h9-12,14,19H,6-8,13H2,1-5H3. The molecule has 0 atom stereocenters. The van der Waals surface area contributed by atoms with E-state index in [0.29, 0.717) is 5.92 Å². The first-order valence-corrected chi connectivity index (χ1v) is 10.8. The number of H-pyrrole nitrogens is 1. The molecule has 0 bridgehead atoms. The van der Waals surface area contributed by atoms with E-state index in [-0.39, 0.29) is 0 Å². The molecule has 0 aliphatic carbocycles. The molecule has 110 valence electrons. The lowest BCUT2D eigenvalue weighted by Crippen LogP contribution is -2.48. The molecule has 2 aromatic rings. The maximum Gasteiger partial charge on any atom is 0.107 e. The Morgan fingerprint density at radius 2 is 1.60 bits per heavy atom. The SMILES string of the molecule is CC[Si](CC)(CC)c1[nH]c2ccccc2c1CC(C)C. The molecule has 2 heteroatoms. The molecule has 1 nitrogen and oxygen atoms in total. The van der Waals surface area contributed by atoms with E-state index in [2.05, 4.69) is 63.9 Å². The van der Waals surface area contributed by atoms with Crippen LogP contribution in [0, 0.1) is 5.92 Å². The predicted octanol–water partition coefficient (Wildman–Crippen LogP) is 5.08. The molecular weight excluding hydrogens is 258 g/mol. The number of nitrogens with one attached hydrogen (secondary N) is 1. The molecule has 2 rings (SSSR count). The molecular formula is C18H29NSi. The van der Waals surface area contributed by atoms with Gasteiger partial charge in [-0.15, -0.1) is 0 Å². The van der Waals surface area contributed by atoms with Crippen molar-refractivity contribution in [2.75, 3.05) is 0 Å². The first kappa shape index (κ1) is 15.4. The highest BCUT2D eigenvalue weighted by molar-refractivity contribution is 6.91. The minimum Gasteiger partial charge on any atom is -0.362 e. The average molecular weight is 288 g/mol. The number of aromatic nitrogens is 1. The summed E-state index contributed by atoms with van der Waals surface area (Å²) in [4.78, 5) is 3.82. The second-order valence-corrected chi connectivity index (χ2v) is 11.6. The highest BCUT2D eigenvalue weighted by Crippen LogP contribution is 2.27. The topological polar surface area (TPSA) is 15.8 Å². The highest BCUT2D eigenvalue weighted by atomic mass is 28.3. The van der Waals surface area contributed by atoms with E-state index in [1.54, 1.807) is 10.9 Å². The molecule has 1 aromatic carbocycles. The molecule has 0 unspecified atom stereocenters. The first-order valence-electron chi connectivity index (χ1n) is 8.18. The van der Waals surface area contributed by atoms with Crippen LogP contribution in [0.4, 0.5) is 0 Å². The van der Waals surface area contributed by atoms with Crippen LogP contribution >= 0.6 is 0 Å². The summed E-state index contributed by atoms with van der Waals surface area (Å²) in [6.07, 6.45) is 1.20. The molecule has 0 spiro atoms. The summed E-state index contributed by atoms with van der Waals surface area (Å²) in [6, 6.07) is 12.9. The Morgan fingerprint density at radius 1 is 1.00 bits per heavy atom. The Labute approximate surface area is 124 Å². The van der Waals surface area contributed by atoms with Crippen LogP contribution in [0.15, 0.2) is 24.3 Å². The van der Waals surface area contributed by atoms with Crippen LogP contribution < -0.4 is 5.32 Å². The largest absolute Gasteiger partial charge is 0.362 e. The number of para-hydroxylation sites is 1. The van der Waals surface area contributed by atoms with Crippen LogP contribution in [-0.4, -0.2) is 13.1 Å². The molecule has 1 aromatic heterocycles. The molecule has 0 saturated carbocycles. The second-order valence-electron chi connectivity index (χ2n) is 6.46. The number of rotatable bonds is 6. The van der Waals surface area contributed by atoms with Crippen molar-refractivity contribution in [3.05, 3.63) is 29.8 Å². The molecule has 1 N–H and O–H groups in total. The van der Waals surface area contributed by atoms with Gasteiger partial charge in [-0.25, -0.2) is 0 Å². The number of hydrogen-bond donors (Lipinski definition) is 1. The lowest BCUT2D eigenvalue weighted by Gasteiger charge is -2.29. The Kier molecular flexibility index (Phi) is 4.74. The summed E-state index contributed by atoms with van der Waals surface area (Å²) < 4.78 is 0. The predicted molar refractivity (Wildman–Crippen MR) is 93.7 cm³/mol. The van der Waals surface area contributed by atoms with Crippen LogP contribution in [0.2, 0.25) is 18.1 Å². The zero-order valence-electron chi connectivity index (χ0n) is 13.7. The fourth-order valence-electron chi connectivity index (χ4n) is 3.55. The Hall–Kier alpha value is -1.02. The quantitative estimate of drug-likeness (QED) is 0.713. The van der Waals surface area contributed by atoms with E-state index in [9.17, 15) is 0 Å². The third-order valence-electron chi connectivity index (χ3n) is 4.99. The molecule has 0 aliphatic heterocycles. The van der Waals surface area contributed by atoms with E-state index in [1.165, 1.54) is 35.5 Å². The fourth-order valence-corrected chi connectivity index (χ4v) is 7.39. The van der Waals surface area contributed by atoms with Crippen molar-refractivity contribution < 1.29 is 0 Å². The normalized spacial score (nSPS) is 12.5. The Balaban J connectivity index is 2.67. The fraction of sp³-hybridized carbons (Fsp3) is 0.556. The van der Waals surface area contributed by atoms with Crippen molar-refractivity contribution in [2.24, 2.45) is 5.92 Å². The van der Waals surface area contributed by atoms with Gasteiger partial charge in [0.2, 0.25) is 0 Å². The van der Waals surface area contributed by atoms with Crippen LogP contribution in [0.1, 0.15) is 40.2 Å². The van der Waals surface area contributed by atoms with Crippen LogP contribution in [0.25, 0.3) is 10.9 Å². The van der Waals surface area contributed by atoms with Crippen LogP contribution in [-0.2, 0) is 6.42 Å². The molecule has 1 heterocycles. The highest BCUT2D eigenvalue weighted by Gasteiger charge is 2.33. The second kappa shape index (κ2) is 6.17. The monoisotopic (exact) mass is 287 g/mol. The summed E-state index contributed by atoms with van der Waals surface area (Å²) in [7, 11) is -1.34. The maximum atomic E-state index is 3.82. The van der Waals surface area contributed by atoms with Crippen molar-refractivity contribution in [1.82, 2.24) is 4.98 Å². The lowest BCUT2D eigenvalue weighted by atomic mass is 10.0. The van der Waals surface area contributed by atoms with Gasteiger partial charge in [-0.2, -0.15) is 0 Å². The van der Waals surface area contributed by atoms with E-state index < -0.39 is 8.07 Å². The van der Waals surface area contributed by atoms with Gasteiger partial charge < -0.3 is 4.98 Å². The lowest BCUT2D eigenvalue weighted by molar-refractivity contribution is 0.651. The zero-order chi connectivity index (χ0) is 14.8. The minimum atomic E-state index is -1.34. The summed E-state index contributed by atoms with van der Waals surface area (Å²) in [6.45, 7) is 11.8. The van der Waals surface area contributed by atoms with Crippen LogP contribution in [0.5, 0.6) is 0 Å². The van der Waals surface area contributed by atoms with Gasteiger partial charge >= 0.3 is 0 Å². The van der Waals surface area contributed by atoms with Crippen molar-refractivity contribution in [1.29, 1.82) is 0 Å². The number of hydrogen-bond acceptors (Lipinski definition) is 0. The third-order valence-corrected chi connectivity index (χ3v) is 10.5. The average Bonchev–Trinajstić information content (AvgIpc) is 2.81. The van der Waals surface area contributed by atoms with Gasteiger partial charge in [-0.1, -0.05) is 71.0 Å².